The molecule has 1 fully saturated rings. The number of hydrogen-bond acceptors (Lipinski definition) is 6. The minimum atomic E-state index is -0.253. The number of ether oxygens (including phenoxy) is 1. The van der Waals surface area contributed by atoms with Crippen molar-refractivity contribution in [2.45, 2.75) is 90.8 Å². The molecule has 2 atom stereocenters. The Morgan fingerprint density at radius 1 is 1.00 bits per heavy atom. The summed E-state index contributed by atoms with van der Waals surface area (Å²) in [6.45, 7) is 13.4. The first-order valence-corrected chi connectivity index (χ1v) is 14.6. The second-order valence-corrected chi connectivity index (χ2v) is 11.9. The number of nitrogens with zero attached hydrogens (tertiary/aromatic N) is 3. The Morgan fingerprint density at radius 2 is 1.58 bits per heavy atom. The van der Waals surface area contributed by atoms with Gasteiger partial charge in [-0.05, 0) is 62.6 Å². The summed E-state index contributed by atoms with van der Waals surface area (Å²) in [6, 6.07) is 13.6. The van der Waals surface area contributed by atoms with E-state index in [2.05, 4.69) is 68.7 Å². The van der Waals surface area contributed by atoms with Crippen LogP contribution in [-0.2, 0) is 9.59 Å². The molecule has 2 aliphatic heterocycles. The lowest BCUT2D eigenvalue weighted by Gasteiger charge is -2.37. The summed E-state index contributed by atoms with van der Waals surface area (Å²) in [7, 11) is 0. The molecule has 5 rings (SSSR count). The first kappa shape index (κ1) is 36.7. The minimum Gasteiger partial charge on any atom is -0.487 e. The van der Waals surface area contributed by atoms with Gasteiger partial charge in [0.25, 0.3) is 0 Å². The molecule has 3 heterocycles. The Bertz CT molecular complexity index is 1180. The van der Waals surface area contributed by atoms with Gasteiger partial charge in [-0.2, -0.15) is 0 Å². The normalized spacial score (nSPS) is 21.2. The van der Waals surface area contributed by atoms with Gasteiger partial charge >= 0.3 is 0 Å². The second-order valence-electron chi connectivity index (χ2n) is 11.9. The maximum absolute atomic E-state index is 12.3. The topological polar surface area (TPSA) is 110 Å². The van der Waals surface area contributed by atoms with Crippen molar-refractivity contribution in [1.82, 2.24) is 15.2 Å². The van der Waals surface area contributed by atoms with E-state index in [1.54, 1.807) is 17.3 Å². The van der Waals surface area contributed by atoms with E-state index < -0.39 is 0 Å². The number of nitrogens with one attached hydrogen (secondary N) is 1. The largest absolute Gasteiger partial charge is 0.487 e. The van der Waals surface area contributed by atoms with E-state index >= 15 is 0 Å². The molecule has 0 spiro atoms. The number of para-hydroxylation sites is 1. The van der Waals surface area contributed by atoms with Crippen LogP contribution in [0.4, 0.5) is 0 Å². The number of pyridine rings is 1. The van der Waals surface area contributed by atoms with Crippen LogP contribution in [0.25, 0.3) is 0 Å². The molecule has 0 bridgehead atoms. The standard InChI is InChI=1S/C14H25N3O.C12H15NO2.C5H5N.2C2H2/c1-5-14(6-2)8-11(18)17(12(15)16-14)9-10-7-13(10,3)4;1-12(2)7-10(13-8-14)9-5-3-4-6-11(9)15-12;1-2-4-6-5-3-1;2*1-2/h10H,5-9H2,1-4H3,(H2,15,16);3-6,8,10H,7H2,1-2H3,(H,13,14);1-5H;2*1-2H/t2*10-;;;/m10.../s1. The number of aromatic nitrogens is 1. The van der Waals surface area contributed by atoms with Crippen LogP contribution in [0.15, 0.2) is 59.9 Å². The third-order valence-corrected chi connectivity index (χ3v) is 8.06. The number of hydrogen-bond donors (Lipinski definition) is 2. The van der Waals surface area contributed by atoms with E-state index in [1.165, 1.54) is 6.42 Å². The van der Waals surface area contributed by atoms with Gasteiger partial charge in [-0.1, -0.05) is 52.0 Å². The molecule has 3 N–H and O–H groups in total. The van der Waals surface area contributed by atoms with E-state index in [1.807, 2.05) is 56.3 Å². The van der Waals surface area contributed by atoms with E-state index in [0.717, 1.165) is 43.5 Å². The predicted octanol–water partition coefficient (Wildman–Crippen LogP) is 5.75. The van der Waals surface area contributed by atoms with Gasteiger partial charge in [0, 0.05) is 30.9 Å². The van der Waals surface area contributed by atoms with Gasteiger partial charge in [0.15, 0.2) is 5.96 Å². The zero-order valence-corrected chi connectivity index (χ0v) is 26.6. The van der Waals surface area contributed by atoms with E-state index in [0.29, 0.717) is 23.7 Å². The van der Waals surface area contributed by atoms with Crippen molar-refractivity contribution in [3.8, 4) is 31.4 Å². The van der Waals surface area contributed by atoms with Crippen molar-refractivity contribution in [3.63, 3.8) is 0 Å². The third kappa shape index (κ3) is 10.8. The maximum atomic E-state index is 12.3. The summed E-state index contributed by atoms with van der Waals surface area (Å²) >= 11 is 0. The summed E-state index contributed by atoms with van der Waals surface area (Å²) in [6.07, 6.45) is 24.5. The van der Waals surface area contributed by atoms with Crippen LogP contribution in [0.2, 0.25) is 0 Å². The highest BCUT2D eigenvalue weighted by molar-refractivity contribution is 5.99. The van der Waals surface area contributed by atoms with Gasteiger partial charge in [-0.15, -0.1) is 25.7 Å². The van der Waals surface area contributed by atoms with E-state index in [9.17, 15) is 9.59 Å². The lowest BCUT2D eigenvalue weighted by atomic mass is 9.88. The fourth-order valence-corrected chi connectivity index (χ4v) is 5.15. The zero-order chi connectivity index (χ0) is 32.7. The lowest BCUT2D eigenvalue weighted by Crippen LogP contribution is -2.52. The van der Waals surface area contributed by atoms with Crippen molar-refractivity contribution >= 4 is 18.3 Å². The number of amides is 2. The maximum Gasteiger partial charge on any atom is 0.231 e. The van der Waals surface area contributed by atoms with Gasteiger partial charge in [0.2, 0.25) is 12.3 Å². The van der Waals surface area contributed by atoms with Crippen LogP contribution in [0.5, 0.6) is 5.75 Å². The van der Waals surface area contributed by atoms with Crippen LogP contribution in [0.1, 0.15) is 85.3 Å². The molecule has 8 nitrogen and oxygen atoms in total. The number of benzene rings is 1. The van der Waals surface area contributed by atoms with Gasteiger partial charge in [-0.3, -0.25) is 19.5 Å². The molecule has 1 aromatic heterocycles. The van der Waals surface area contributed by atoms with Crippen molar-refractivity contribution in [3.05, 3.63) is 60.4 Å². The Balaban J connectivity index is 0.000000332. The monoisotopic (exact) mass is 587 g/mol. The van der Waals surface area contributed by atoms with Crippen LogP contribution in [0, 0.1) is 37.0 Å². The van der Waals surface area contributed by atoms with Gasteiger partial charge in [0.05, 0.1) is 18.0 Å². The minimum absolute atomic E-state index is 0.0578. The molecule has 1 aliphatic carbocycles. The highest BCUT2D eigenvalue weighted by Gasteiger charge is 2.48. The van der Waals surface area contributed by atoms with Crippen LogP contribution < -0.4 is 15.8 Å². The third-order valence-electron chi connectivity index (χ3n) is 8.06. The SMILES string of the molecule is C#C.C#C.CC1(C)C[C@H](NC=O)c2ccccc2O1.CCC1(CC)CC(=O)N(C[C@H]2CC2(C)C)C(N)=N1.c1ccncc1. The fraction of sp³-hybridized carbons (Fsp3) is 0.486. The van der Waals surface area contributed by atoms with Crippen molar-refractivity contribution in [1.29, 1.82) is 0 Å². The number of carbonyl (C=O) groups is 2. The number of aliphatic imine (C=N–C) groups is 1. The molecule has 0 radical (unpaired) electrons. The molecule has 3 aliphatic rings. The molecule has 8 heteroatoms. The van der Waals surface area contributed by atoms with Crippen LogP contribution in [-0.4, -0.2) is 45.8 Å². The number of rotatable bonds is 6. The molecular weight excluding hydrogens is 538 g/mol. The highest BCUT2D eigenvalue weighted by Crippen LogP contribution is 2.52. The molecule has 1 saturated carbocycles. The summed E-state index contributed by atoms with van der Waals surface area (Å²) in [5, 5.41) is 2.84. The number of nitrogens with two attached hydrogens (primary N) is 1. The molecule has 0 unspecified atom stereocenters. The smallest absolute Gasteiger partial charge is 0.231 e. The number of guanidine groups is 1. The van der Waals surface area contributed by atoms with Gasteiger partial charge in [-0.25, -0.2) is 4.99 Å². The second kappa shape index (κ2) is 17.0. The van der Waals surface area contributed by atoms with Crippen molar-refractivity contribution in [2.75, 3.05) is 6.54 Å². The summed E-state index contributed by atoms with van der Waals surface area (Å²) in [5.41, 5.74) is 6.96. The van der Waals surface area contributed by atoms with Crippen molar-refractivity contribution in [2.24, 2.45) is 22.1 Å². The molecule has 232 valence electrons. The Kier molecular flexibility index (Phi) is 14.5. The number of terminal acetylenes is 2. The number of carbonyl (C=O) groups excluding carboxylic acids is 2. The molecule has 1 aromatic carbocycles. The fourth-order valence-electron chi connectivity index (χ4n) is 5.15. The Morgan fingerprint density at radius 3 is 2.02 bits per heavy atom. The molecule has 43 heavy (non-hydrogen) atoms. The first-order chi connectivity index (χ1) is 20.5. The van der Waals surface area contributed by atoms with Crippen LogP contribution >= 0.6 is 0 Å². The Labute approximate surface area is 258 Å². The predicted molar refractivity (Wildman–Crippen MR) is 175 cm³/mol. The lowest BCUT2D eigenvalue weighted by molar-refractivity contribution is -0.130. The molecule has 0 saturated heterocycles. The highest BCUT2D eigenvalue weighted by atomic mass is 16.5. The first-order valence-electron chi connectivity index (χ1n) is 14.6. The average molecular weight is 588 g/mol. The van der Waals surface area contributed by atoms with Crippen molar-refractivity contribution < 1.29 is 14.3 Å². The van der Waals surface area contributed by atoms with E-state index in [-0.39, 0.29) is 23.1 Å². The van der Waals surface area contributed by atoms with E-state index in [4.69, 9.17) is 10.5 Å². The summed E-state index contributed by atoms with van der Waals surface area (Å²) < 4.78 is 5.84. The summed E-state index contributed by atoms with van der Waals surface area (Å²) in [5.74, 6) is 2.02. The van der Waals surface area contributed by atoms with Gasteiger partial charge < -0.3 is 15.8 Å². The number of fused-ring (bicyclic) bond motifs is 1. The molecular formula is C35H49N5O3. The molecule has 2 amide bonds. The quantitative estimate of drug-likeness (QED) is 0.330. The average Bonchev–Trinajstić information content (AvgIpc) is 3.63. The zero-order valence-electron chi connectivity index (χ0n) is 26.6. The Hall–Kier alpha value is -4.30. The molecule has 2 aromatic rings. The summed E-state index contributed by atoms with van der Waals surface area (Å²) in [4.78, 5) is 32.9. The van der Waals surface area contributed by atoms with Crippen LogP contribution in [0.3, 0.4) is 0 Å². The van der Waals surface area contributed by atoms with Gasteiger partial charge in [0.1, 0.15) is 11.4 Å².